The summed E-state index contributed by atoms with van der Waals surface area (Å²) in [6.45, 7) is -0.248. The van der Waals surface area contributed by atoms with Crippen LogP contribution in [0.15, 0.2) is 94.8 Å². The first-order chi connectivity index (χ1) is 16.1. The van der Waals surface area contributed by atoms with Crippen LogP contribution in [0.25, 0.3) is 21.9 Å². The highest BCUT2D eigenvalue weighted by Crippen LogP contribution is 2.22. The zero-order chi connectivity index (χ0) is 22.8. The summed E-state index contributed by atoms with van der Waals surface area (Å²) in [4.78, 5) is 47.5. The number of fused-ring (bicyclic) bond motifs is 2. The molecule has 0 aliphatic carbocycles. The first-order valence-electron chi connectivity index (χ1n) is 10.4. The molecule has 0 unspecified atom stereocenters. The Labute approximate surface area is 187 Å². The van der Waals surface area contributed by atoms with Crippen LogP contribution in [-0.4, -0.2) is 25.0 Å². The number of hydrogen-bond acceptors (Lipinski definition) is 5. The third-order valence-corrected chi connectivity index (χ3v) is 5.39. The van der Waals surface area contributed by atoms with Crippen molar-refractivity contribution in [1.29, 1.82) is 0 Å². The topological polar surface area (TPSA) is 98.9 Å². The first kappa shape index (κ1) is 20.3. The fraction of sp³-hybridized carbons (Fsp3) is 0.0800. The summed E-state index contributed by atoms with van der Waals surface area (Å²) in [5.41, 5.74) is 0.365. The Bertz CT molecular complexity index is 1600. The molecule has 0 radical (unpaired) electrons. The van der Waals surface area contributed by atoms with E-state index in [4.69, 9.17) is 0 Å². The van der Waals surface area contributed by atoms with Gasteiger partial charge in [0, 0.05) is 23.5 Å². The lowest BCUT2D eigenvalue weighted by molar-refractivity contribution is -0.116. The van der Waals surface area contributed by atoms with Crippen LogP contribution in [0, 0.1) is 0 Å². The summed E-state index contributed by atoms with van der Waals surface area (Å²) in [6.07, 6.45) is 2.78. The molecule has 3 aromatic carbocycles. The summed E-state index contributed by atoms with van der Waals surface area (Å²) < 4.78 is 2.27. The minimum Gasteiger partial charge on any atom is -0.324 e. The van der Waals surface area contributed by atoms with E-state index in [0.717, 1.165) is 20.9 Å². The highest BCUT2D eigenvalue weighted by molar-refractivity contribution is 6.02. The molecular formula is C25H19N5O3. The van der Waals surface area contributed by atoms with E-state index in [9.17, 15) is 14.4 Å². The molecule has 5 rings (SSSR count). The number of anilines is 1. The Morgan fingerprint density at radius 3 is 2.39 bits per heavy atom. The molecule has 0 saturated heterocycles. The molecule has 0 aliphatic rings. The Morgan fingerprint density at radius 1 is 0.818 bits per heavy atom. The number of hydrogen-bond donors (Lipinski definition) is 1. The maximum atomic E-state index is 13.3. The normalized spacial score (nSPS) is 11.0. The predicted molar refractivity (Wildman–Crippen MR) is 126 cm³/mol. The number of nitrogens with one attached hydrogen (secondary N) is 1. The standard InChI is InChI=1S/C25H19N5O3/c31-21(28-20-12-6-10-18-9-4-5-11-19(18)20)16-29-23-22(26-13-14-27-23)24(32)30(25(29)33)15-17-7-2-1-3-8-17/h1-14H,15-16H2,(H,28,31). The monoisotopic (exact) mass is 437 g/mol. The van der Waals surface area contributed by atoms with Crippen LogP contribution in [0.4, 0.5) is 5.69 Å². The second kappa shape index (κ2) is 8.51. The van der Waals surface area contributed by atoms with E-state index in [0.29, 0.717) is 5.69 Å². The van der Waals surface area contributed by atoms with Gasteiger partial charge < -0.3 is 5.32 Å². The van der Waals surface area contributed by atoms with Crippen LogP contribution in [0.5, 0.6) is 0 Å². The molecule has 0 bridgehead atoms. The molecule has 2 heterocycles. The van der Waals surface area contributed by atoms with E-state index in [1.807, 2.05) is 66.7 Å². The molecule has 1 amide bonds. The second-order valence-electron chi connectivity index (χ2n) is 7.55. The SMILES string of the molecule is O=C(Cn1c(=O)n(Cc2ccccc2)c(=O)c2nccnc21)Nc1cccc2ccccc12. The fourth-order valence-electron chi connectivity index (χ4n) is 3.85. The van der Waals surface area contributed by atoms with E-state index in [-0.39, 0.29) is 24.3 Å². The fourth-order valence-corrected chi connectivity index (χ4v) is 3.85. The van der Waals surface area contributed by atoms with Crippen LogP contribution in [0.2, 0.25) is 0 Å². The van der Waals surface area contributed by atoms with Crippen molar-refractivity contribution in [3.63, 3.8) is 0 Å². The summed E-state index contributed by atoms with van der Waals surface area (Å²) in [7, 11) is 0. The van der Waals surface area contributed by atoms with E-state index >= 15 is 0 Å². The van der Waals surface area contributed by atoms with Gasteiger partial charge >= 0.3 is 5.69 Å². The number of rotatable bonds is 5. The molecule has 0 saturated carbocycles. The summed E-state index contributed by atoms with van der Waals surface area (Å²) in [6, 6.07) is 22.5. The van der Waals surface area contributed by atoms with Gasteiger partial charge in [-0.25, -0.2) is 14.8 Å². The van der Waals surface area contributed by atoms with Gasteiger partial charge in [-0.2, -0.15) is 0 Å². The van der Waals surface area contributed by atoms with Crippen LogP contribution in [0.3, 0.4) is 0 Å². The third kappa shape index (κ3) is 3.89. The zero-order valence-corrected chi connectivity index (χ0v) is 17.5. The van der Waals surface area contributed by atoms with Crippen molar-refractivity contribution in [2.75, 3.05) is 5.32 Å². The maximum Gasteiger partial charge on any atom is 0.333 e. The number of aromatic nitrogens is 4. The average Bonchev–Trinajstić information content (AvgIpc) is 2.85. The van der Waals surface area contributed by atoms with Gasteiger partial charge in [0.1, 0.15) is 6.54 Å². The zero-order valence-electron chi connectivity index (χ0n) is 17.5. The van der Waals surface area contributed by atoms with Gasteiger partial charge in [0.15, 0.2) is 11.2 Å². The molecule has 1 N–H and O–H groups in total. The van der Waals surface area contributed by atoms with E-state index in [1.54, 1.807) is 6.07 Å². The van der Waals surface area contributed by atoms with Crippen molar-refractivity contribution in [2.24, 2.45) is 0 Å². The molecular weight excluding hydrogens is 418 g/mol. The molecule has 5 aromatic rings. The molecule has 0 fully saturated rings. The van der Waals surface area contributed by atoms with Crippen molar-refractivity contribution < 1.29 is 4.79 Å². The summed E-state index contributed by atoms with van der Waals surface area (Å²) in [5.74, 6) is -0.412. The maximum absolute atomic E-state index is 13.3. The van der Waals surface area contributed by atoms with Gasteiger partial charge in [-0.3, -0.25) is 18.7 Å². The average molecular weight is 437 g/mol. The lowest BCUT2D eigenvalue weighted by Gasteiger charge is -2.14. The van der Waals surface area contributed by atoms with E-state index in [2.05, 4.69) is 15.3 Å². The number of carbonyl (C=O) groups excluding carboxylic acids is 1. The van der Waals surface area contributed by atoms with Gasteiger partial charge in [0.25, 0.3) is 5.56 Å². The molecule has 0 aliphatic heterocycles. The summed E-state index contributed by atoms with van der Waals surface area (Å²) in [5, 5.41) is 4.75. The number of amides is 1. The van der Waals surface area contributed by atoms with Crippen LogP contribution < -0.4 is 16.6 Å². The number of carbonyl (C=O) groups is 1. The first-order valence-corrected chi connectivity index (χ1v) is 10.4. The van der Waals surface area contributed by atoms with Crippen molar-refractivity contribution in [1.82, 2.24) is 19.1 Å². The quantitative estimate of drug-likeness (QED) is 0.456. The smallest absolute Gasteiger partial charge is 0.324 e. The van der Waals surface area contributed by atoms with Crippen molar-refractivity contribution in [3.8, 4) is 0 Å². The Morgan fingerprint density at radius 2 is 1.55 bits per heavy atom. The number of nitrogens with zero attached hydrogens (tertiary/aromatic N) is 4. The minimum absolute atomic E-state index is 0.0333. The molecule has 8 heteroatoms. The van der Waals surface area contributed by atoms with Crippen molar-refractivity contribution in [2.45, 2.75) is 13.1 Å². The van der Waals surface area contributed by atoms with Gasteiger partial charge in [0.05, 0.1) is 6.54 Å². The van der Waals surface area contributed by atoms with Gasteiger partial charge in [-0.05, 0) is 17.0 Å². The van der Waals surface area contributed by atoms with Gasteiger partial charge in [-0.1, -0.05) is 66.7 Å². The lowest BCUT2D eigenvalue weighted by atomic mass is 10.1. The Hall–Kier alpha value is -4.59. The van der Waals surface area contributed by atoms with Gasteiger partial charge in [-0.15, -0.1) is 0 Å². The molecule has 2 aromatic heterocycles. The highest BCUT2D eigenvalue weighted by Gasteiger charge is 2.18. The highest BCUT2D eigenvalue weighted by atomic mass is 16.2. The molecule has 162 valence electrons. The second-order valence-corrected chi connectivity index (χ2v) is 7.55. The lowest BCUT2D eigenvalue weighted by Crippen LogP contribution is -2.42. The van der Waals surface area contributed by atoms with Crippen LogP contribution in [0.1, 0.15) is 5.56 Å². The van der Waals surface area contributed by atoms with E-state index in [1.165, 1.54) is 17.0 Å². The largest absolute Gasteiger partial charge is 0.333 e. The molecule has 8 nitrogen and oxygen atoms in total. The van der Waals surface area contributed by atoms with Crippen molar-refractivity contribution >= 4 is 33.5 Å². The van der Waals surface area contributed by atoms with Gasteiger partial charge in [0.2, 0.25) is 5.91 Å². The summed E-state index contributed by atoms with van der Waals surface area (Å²) >= 11 is 0. The Kier molecular flexibility index (Phi) is 5.24. The minimum atomic E-state index is -0.620. The van der Waals surface area contributed by atoms with E-state index < -0.39 is 17.2 Å². The molecule has 0 spiro atoms. The van der Waals surface area contributed by atoms with Crippen LogP contribution >= 0.6 is 0 Å². The molecule has 0 atom stereocenters. The van der Waals surface area contributed by atoms with Crippen molar-refractivity contribution in [3.05, 3.63) is 112 Å². The number of benzene rings is 3. The predicted octanol–water partition coefficient (Wildman–Crippen LogP) is 2.79. The third-order valence-electron chi connectivity index (χ3n) is 5.39. The molecule has 33 heavy (non-hydrogen) atoms. The Balaban J connectivity index is 1.55. The van der Waals surface area contributed by atoms with Crippen LogP contribution in [-0.2, 0) is 17.9 Å².